The van der Waals surface area contributed by atoms with Gasteiger partial charge in [0.25, 0.3) is 11.8 Å². The number of carbonyl (C=O) groups is 2. The van der Waals surface area contributed by atoms with Gasteiger partial charge >= 0.3 is 0 Å². The van der Waals surface area contributed by atoms with E-state index in [2.05, 4.69) is 15.6 Å². The first-order valence-electron chi connectivity index (χ1n) is 8.69. The van der Waals surface area contributed by atoms with Crippen LogP contribution in [0.5, 0.6) is 0 Å². The lowest BCUT2D eigenvalue weighted by Crippen LogP contribution is -2.22. The first-order chi connectivity index (χ1) is 13.6. The van der Waals surface area contributed by atoms with Gasteiger partial charge in [-0.05, 0) is 42.0 Å². The summed E-state index contributed by atoms with van der Waals surface area (Å²) in [5.74, 6) is -0.246. The van der Waals surface area contributed by atoms with Gasteiger partial charge in [-0.25, -0.2) is 4.98 Å². The van der Waals surface area contributed by atoms with Crippen molar-refractivity contribution in [3.05, 3.63) is 76.7 Å². The summed E-state index contributed by atoms with van der Waals surface area (Å²) >= 11 is 3.06. The van der Waals surface area contributed by atoms with Gasteiger partial charge in [0.2, 0.25) is 0 Å². The maximum atomic E-state index is 12.5. The lowest BCUT2D eigenvalue weighted by Gasteiger charge is -2.05. The average Bonchev–Trinajstić information content (AvgIpc) is 3.38. The number of aromatic nitrogens is 1. The molecule has 0 bridgehead atoms. The van der Waals surface area contributed by atoms with Crippen LogP contribution in [0.15, 0.2) is 60.7 Å². The third kappa shape index (κ3) is 3.81. The molecule has 0 saturated heterocycles. The van der Waals surface area contributed by atoms with E-state index in [1.165, 1.54) is 11.3 Å². The van der Waals surface area contributed by atoms with Crippen LogP contribution in [0.4, 0.5) is 0 Å². The Balaban J connectivity index is 1.42. The zero-order valence-electron chi connectivity index (χ0n) is 15.1. The van der Waals surface area contributed by atoms with Gasteiger partial charge in [0.1, 0.15) is 5.01 Å². The number of benzene rings is 2. The molecular formula is C21H17N3O2S2. The van der Waals surface area contributed by atoms with Crippen LogP contribution in [-0.2, 0) is 6.54 Å². The van der Waals surface area contributed by atoms with Gasteiger partial charge in [0.15, 0.2) is 0 Å². The number of nitrogens with one attached hydrogen (secondary N) is 2. The number of hydrogen-bond donors (Lipinski definition) is 2. The average molecular weight is 408 g/mol. The van der Waals surface area contributed by atoms with Crippen molar-refractivity contribution in [2.75, 3.05) is 7.05 Å². The summed E-state index contributed by atoms with van der Waals surface area (Å²) in [6, 6.07) is 19.0. The minimum absolute atomic E-state index is 0.118. The van der Waals surface area contributed by atoms with E-state index >= 15 is 0 Å². The Kier molecular flexibility index (Phi) is 5.18. The van der Waals surface area contributed by atoms with Crippen LogP contribution < -0.4 is 10.6 Å². The van der Waals surface area contributed by atoms with E-state index < -0.39 is 0 Å². The number of nitrogens with zero attached hydrogens (tertiary/aromatic N) is 1. The predicted octanol–water partition coefficient (Wildman–Crippen LogP) is 4.31. The van der Waals surface area contributed by atoms with Crippen LogP contribution in [0.25, 0.3) is 20.1 Å². The Bertz CT molecular complexity index is 1110. The molecule has 2 aromatic heterocycles. The number of carbonyl (C=O) groups excluding carboxylic acids is 2. The predicted molar refractivity (Wildman–Crippen MR) is 114 cm³/mol. The Morgan fingerprint density at radius 3 is 2.46 bits per heavy atom. The zero-order valence-corrected chi connectivity index (χ0v) is 16.7. The number of rotatable bonds is 5. The second kappa shape index (κ2) is 7.92. The van der Waals surface area contributed by atoms with Crippen molar-refractivity contribution in [1.29, 1.82) is 0 Å². The third-order valence-corrected chi connectivity index (χ3v) is 6.52. The summed E-state index contributed by atoms with van der Waals surface area (Å²) < 4.78 is 1.14. The van der Waals surface area contributed by atoms with Gasteiger partial charge in [-0.15, -0.1) is 22.7 Å². The van der Waals surface area contributed by atoms with Crippen molar-refractivity contribution < 1.29 is 9.59 Å². The van der Waals surface area contributed by atoms with E-state index in [0.29, 0.717) is 17.0 Å². The normalized spacial score (nSPS) is 10.8. The van der Waals surface area contributed by atoms with E-state index in [1.807, 2.05) is 48.5 Å². The molecule has 7 heteroatoms. The highest BCUT2D eigenvalue weighted by Crippen LogP contribution is 2.34. The number of amides is 2. The molecule has 0 aliphatic carbocycles. The number of thiophene rings is 1. The molecular weight excluding hydrogens is 390 g/mol. The monoisotopic (exact) mass is 407 g/mol. The largest absolute Gasteiger partial charge is 0.355 e. The SMILES string of the molecule is CNC(=O)c1ccc(CNC(=O)c2ccc(-c3nc4ccccc4s3)s2)cc1. The van der Waals surface area contributed by atoms with Crippen LogP contribution >= 0.6 is 22.7 Å². The van der Waals surface area contributed by atoms with Crippen LogP contribution in [-0.4, -0.2) is 23.8 Å². The summed E-state index contributed by atoms with van der Waals surface area (Å²) in [7, 11) is 1.60. The minimum atomic E-state index is -0.128. The molecule has 0 saturated carbocycles. The highest BCUT2D eigenvalue weighted by molar-refractivity contribution is 7.26. The molecule has 5 nitrogen and oxygen atoms in total. The van der Waals surface area contributed by atoms with E-state index in [-0.39, 0.29) is 11.8 Å². The zero-order chi connectivity index (χ0) is 19.5. The number of hydrogen-bond acceptors (Lipinski definition) is 5. The molecule has 2 N–H and O–H groups in total. The van der Waals surface area contributed by atoms with Crippen molar-refractivity contribution in [3.63, 3.8) is 0 Å². The fourth-order valence-corrected chi connectivity index (χ4v) is 4.68. The molecule has 0 fully saturated rings. The third-order valence-electron chi connectivity index (χ3n) is 4.23. The standard InChI is InChI=1S/C21H17N3O2S2/c1-22-19(25)14-8-6-13(7-9-14)12-23-20(26)17-10-11-18(27-17)21-24-15-4-2-3-5-16(15)28-21/h2-11H,12H2,1H3,(H,22,25)(H,23,26). The van der Waals surface area contributed by atoms with E-state index in [4.69, 9.17) is 0 Å². The molecule has 0 aliphatic heterocycles. The fourth-order valence-electron chi connectivity index (χ4n) is 2.74. The maximum absolute atomic E-state index is 12.5. The maximum Gasteiger partial charge on any atom is 0.261 e. The van der Waals surface area contributed by atoms with Gasteiger partial charge in [-0.2, -0.15) is 0 Å². The van der Waals surface area contributed by atoms with Crippen LogP contribution in [0.2, 0.25) is 0 Å². The fraction of sp³-hybridized carbons (Fsp3) is 0.0952. The van der Waals surface area contributed by atoms with Gasteiger partial charge in [-0.1, -0.05) is 24.3 Å². The van der Waals surface area contributed by atoms with Crippen LogP contribution in [0, 0.1) is 0 Å². The summed E-state index contributed by atoms with van der Waals surface area (Å²) in [6.07, 6.45) is 0. The van der Waals surface area contributed by atoms with Crippen molar-refractivity contribution in [1.82, 2.24) is 15.6 Å². The van der Waals surface area contributed by atoms with Crippen LogP contribution in [0.3, 0.4) is 0 Å². The molecule has 2 amide bonds. The molecule has 0 atom stereocenters. The molecule has 0 aliphatic rings. The van der Waals surface area contributed by atoms with Gasteiger partial charge in [-0.3, -0.25) is 9.59 Å². The number of thiazole rings is 1. The summed E-state index contributed by atoms with van der Waals surface area (Å²) in [5, 5.41) is 6.43. The van der Waals surface area contributed by atoms with Crippen molar-refractivity contribution in [2.45, 2.75) is 6.54 Å². The Hall–Kier alpha value is -3.03. The van der Waals surface area contributed by atoms with Gasteiger partial charge in [0, 0.05) is 19.2 Å². The van der Waals surface area contributed by atoms with Crippen molar-refractivity contribution in [3.8, 4) is 9.88 Å². The molecule has 4 aromatic rings. The quantitative estimate of drug-likeness (QED) is 0.518. The van der Waals surface area contributed by atoms with E-state index in [0.717, 1.165) is 25.7 Å². The molecule has 2 heterocycles. The minimum Gasteiger partial charge on any atom is -0.355 e. The molecule has 0 unspecified atom stereocenters. The van der Waals surface area contributed by atoms with Crippen molar-refractivity contribution in [2.24, 2.45) is 0 Å². The second-order valence-corrected chi connectivity index (χ2v) is 8.22. The second-order valence-electron chi connectivity index (χ2n) is 6.11. The first kappa shape index (κ1) is 18.3. The van der Waals surface area contributed by atoms with Gasteiger partial charge < -0.3 is 10.6 Å². The topological polar surface area (TPSA) is 71.1 Å². The number of para-hydroxylation sites is 1. The molecule has 28 heavy (non-hydrogen) atoms. The Labute approximate surface area is 170 Å². The lowest BCUT2D eigenvalue weighted by atomic mass is 10.1. The Morgan fingerprint density at radius 1 is 0.929 bits per heavy atom. The van der Waals surface area contributed by atoms with Gasteiger partial charge in [0.05, 0.1) is 20.0 Å². The first-order valence-corrected chi connectivity index (χ1v) is 10.3. The smallest absolute Gasteiger partial charge is 0.261 e. The molecule has 140 valence electrons. The summed E-state index contributed by atoms with van der Waals surface area (Å²) in [4.78, 5) is 30.3. The van der Waals surface area contributed by atoms with Crippen molar-refractivity contribution >= 4 is 44.7 Å². The molecule has 0 radical (unpaired) electrons. The van der Waals surface area contributed by atoms with Crippen LogP contribution in [0.1, 0.15) is 25.6 Å². The lowest BCUT2D eigenvalue weighted by molar-refractivity contribution is 0.0949. The highest BCUT2D eigenvalue weighted by Gasteiger charge is 2.13. The summed E-state index contributed by atoms with van der Waals surface area (Å²) in [5.41, 5.74) is 2.50. The molecule has 2 aromatic carbocycles. The number of fused-ring (bicyclic) bond motifs is 1. The Morgan fingerprint density at radius 2 is 1.71 bits per heavy atom. The van der Waals surface area contributed by atoms with E-state index in [9.17, 15) is 9.59 Å². The molecule has 4 rings (SSSR count). The molecule has 0 spiro atoms. The van der Waals surface area contributed by atoms with E-state index in [1.54, 1.807) is 30.5 Å². The summed E-state index contributed by atoms with van der Waals surface area (Å²) in [6.45, 7) is 0.404. The highest BCUT2D eigenvalue weighted by atomic mass is 32.1.